The lowest BCUT2D eigenvalue weighted by atomic mass is 10.9. The van der Waals surface area contributed by atoms with Crippen LogP contribution in [0.2, 0.25) is 0 Å². The minimum Gasteiger partial charge on any atom is -0.299 e. The standard InChI is InChI=1S/C4H7ClN4O2S/c1-6-4-7-3(5)8-12(10,11)9(4)2/h1-2H3,(H,6,7,8). The fraction of sp³-hybridized carbons (Fsp3) is 0.500. The summed E-state index contributed by atoms with van der Waals surface area (Å²) in [4.78, 5) is 3.66. The van der Waals surface area contributed by atoms with Gasteiger partial charge in [0.2, 0.25) is 11.3 Å². The third-order valence-corrected chi connectivity index (χ3v) is 2.82. The number of amidine groups is 1. The van der Waals surface area contributed by atoms with E-state index in [1.807, 2.05) is 0 Å². The maximum absolute atomic E-state index is 11.1. The van der Waals surface area contributed by atoms with Crippen LogP contribution in [0, 0.1) is 0 Å². The van der Waals surface area contributed by atoms with E-state index in [1.165, 1.54) is 14.1 Å². The molecule has 1 rings (SSSR count). The first-order valence-electron chi connectivity index (χ1n) is 2.95. The van der Waals surface area contributed by atoms with Crippen LogP contribution in [0.3, 0.4) is 0 Å². The van der Waals surface area contributed by atoms with E-state index in [9.17, 15) is 8.42 Å². The van der Waals surface area contributed by atoms with Crippen molar-refractivity contribution in [3.63, 3.8) is 0 Å². The molecule has 0 spiro atoms. The first-order valence-corrected chi connectivity index (χ1v) is 4.73. The second-order valence-electron chi connectivity index (χ2n) is 2.00. The Labute approximate surface area is 75.1 Å². The van der Waals surface area contributed by atoms with E-state index >= 15 is 0 Å². The van der Waals surface area contributed by atoms with E-state index < -0.39 is 10.2 Å². The summed E-state index contributed by atoms with van der Waals surface area (Å²) in [5.41, 5.74) is 0. The third-order valence-electron chi connectivity index (χ3n) is 1.27. The van der Waals surface area contributed by atoms with E-state index in [-0.39, 0.29) is 11.3 Å². The quantitative estimate of drug-likeness (QED) is 0.540. The maximum Gasteiger partial charge on any atom is 0.349 e. The summed E-state index contributed by atoms with van der Waals surface area (Å²) in [7, 11) is -0.897. The highest BCUT2D eigenvalue weighted by molar-refractivity contribution is 7.88. The van der Waals surface area contributed by atoms with Crippen molar-refractivity contribution in [1.82, 2.24) is 9.62 Å². The zero-order chi connectivity index (χ0) is 9.35. The smallest absolute Gasteiger partial charge is 0.299 e. The van der Waals surface area contributed by atoms with Gasteiger partial charge in [0.25, 0.3) is 0 Å². The molecule has 1 heterocycles. The molecule has 0 amide bonds. The van der Waals surface area contributed by atoms with Gasteiger partial charge in [-0.25, -0.2) is 4.31 Å². The van der Waals surface area contributed by atoms with Crippen LogP contribution in [0.4, 0.5) is 0 Å². The van der Waals surface area contributed by atoms with Gasteiger partial charge in [0, 0.05) is 14.1 Å². The number of guanidine groups is 1. The van der Waals surface area contributed by atoms with Crippen LogP contribution in [-0.4, -0.2) is 38.1 Å². The molecule has 6 nitrogen and oxygen atoms in total. The molecule has 8 heteroatoms. The lowest BCUT2D eigenvalue weighted by Crippen LogP contribution is -2.47. The Bertz CT molecular complexity index is 346. The number of nitrogens with one attached hydrogen (secondary N) is 1. The minimum atomic E-state index is -3.68. The average molecular weight is 211 g/mol. The van der Waals surface area contributed by atoms with Crippen LogP contribution in [-0.2, 0) is 10.2 Å². The van der Waals surface area contributed by atoms with Crippen molar-refractivity contribution in [2.24, 2.45) is 9.39 Å². The van der Waals surface area contributed by atoms with E-state index in [0.29, 0.717) is 0 Å². The predicted octanol–water partition coefficient (Wildman–Crippen LogP) is -0.653. The number of nitrogens with zero attached hydrogens (tertiary/aromatic N) is 3. The maximum atomic E-state index is 11.1. The molecule has 0 unspecified atom stereocenters. The van der Waals surface area contributed by atoms with Gasteiger partial charge in [0.1, 0.15) is 0 Å². The number of halogens is 1. The van der Waals surface area contributed by atoms with Gasteiger partial charge in [0.15, 0.2) is 0 Å². The van der Waals surface area contributed by atoms with Crippen molar-refractivity contribution in [3.05, 3.63) is 0 Å². The van der Waals surface area contributed by atoms with Crippen molar-refractivity contribution in [2.75, 3.05) is 14.1 Å². The largest absolute Gasteiger partial charge is 0.349 e. The van der Waals surface area contributed by atoms with Crippen molar-refractivity contribution in [1.29, 1.82) is 0 Å². The molecular formula is C4H7ClN4O2S. The first kappa shape index (κ1) is 9.27. The van der Waals surface area contributed by atoms with Gasteiger partial charge in [-0.3, -0.25) is 10.3 Å². The van der Waals surface area contributed by atoms with Crippen LogP contribution in [0.15, 0.2) is 9.39 Å². The SMILES string of the molecule is CN=C1NC(Cl)=NS(=O)(=O)N1C. The zero-order valence-corrected chi connectivity index (χ0v) is 8.02. The second kappa shape index (κ2) is 2.91. The van der Waals surface area contributed by atoms with Crippen molar-refractivity contribution in [3.8, 4) is 0 Å². The Morgan fingerprint density at radius 3 is 2.75 bits per heavy atom. The summed E-state index contributed by atoms with van der Waals surface area (Å²) in [5.74, 6) is 0.148. The predicted molar refractivity (Wildman–Crippen MR) is 46.5 cm³/mol. The lowest BCUT2D eigenvalue weighted by Gasteiger charge is -2.22. The Hall–Kier alpha value is -0.820. The number of aliphatic imine (C=N–C) groups is 1. The van der Waals surface area contributed by atoms with Crippen molar-refractivity contribution >= 4 is 33.1 Å². The number of hydrogen-bond donors (Lipinski definition) is 1. The molecule has 1 N–H and O–H groups in total. The minimum absolute atomic E-state index is 0.148. The molecule has 0 aromatic rings. The van der Waals surface area contributed by atoms with Crippen LogP contribution >= 0.6 is 11.6 Å². The van der Waals surface area contributed by atoms with E-state index in [4.69, 9.17) is 11.6 Å². The Morgan fingerprint density at radius 1 is 1.67 bits per heavy atom. The molecule has 12 heavy (non-hydrogen) atoms. The summed E-state index contributed by atoms with van der Waals surface area (Å²) in [6.45, 7) is 0. The Kier molecular flexibility index (Phi) is 2.25. The van der Waals surface area contributed by atoms with Gasteiger partial charge in [0.05, 0.1) is 0 Å². The summed E-state index contributed by atoms with van der Waals surface area (Å²) in [6, 6.07) is 0. The van der Waals surface area contributed by atoms with Crippen LogP contribution in [0.5, 0.6) is 0 Å². The summed E-state index contributed by atoms with van der Waals surface area (Å²) >= 11 is 5.39. The van der Waals surface area contributed by atoms with Crippen LogP contribution in [0.25, 0.3) is 0 Å². The molecule has 1 aliphatic rings. The molecule has 0 aromatic carbocycles. The van der Waals surface area contributed by atoms with Crippen molar-refractivity contribution < 1.29 is 8.42 Å². The van der Waals surface area contributed by atoms with E-state index in [1.54, 1.807) is 0 Å². The molecule has 68 valence electrons. The molecule has 0 atom stereocenters. The highest BCUT2D eigenvalue weighted by Gasteiger charge is 2.26. The topological polar surface area (TPSA) is 74.1 Å². The summed E-state index contributed by atoms with van der Waals surface area (Å²) < 4.78 is 26.3. The average Bonchev–Trinajstić information content (AvgIpc) is 1.96. The van der Waals surface area contributed by atoms with Crippen molar-refractivity contribution in [2.45, 2.75) is 0 Å². The molecular weight excluding hydrogens is 204 g/mol. The molecule has 0 saturated heterocycles. The van der Waals surface area contributed by atoms with Gasteiger partial charge < -0.3 is 0 Å². The fourth-order valence-electron chi connectivity index (χ4n) is 0.662. The normalized spacial score (nSPS) is 25.1. The molecule has 1 aliphatic heterocycles. The zero-order valence-electron chi connectivity index (χ0n) is 6.44. The summed E-state index contributed by atoms with van der Waals surface area (Å²) in [6.07, 6.45) is 0. The Balaban J connectivity index is 3.20. The van der Waals surface area contributed by atoms with Crippen LogP contribution < -0.4 is 5.32 Å². The molecule has 0 bridgehead atoms. The van der Waals surface area contributed by atoms with E-state index in [0.717, 1.165) is 4.31 Å². The van der Waals surface area contributed by atoms with Gasteiger partial charge in [-0.05, 0) is 11.6 Å². The van der Waals surface area contributed by atoms with Gasteiger partial charge in [-0.15, -0.1) is 4.40 Å². The Morgan fingerprint density at radius 2 is 2.25 bits per heavy atom. The fourth-order valence-corrected chi connectivity index (χ4v) is 1.72. The number of rotatable bonds is 0. The van der Waals surface area contributed by atoms with Crippen LogP contribution in [0.1, 0.15) is 0 Å². The van der Waals surface area contributed by atoms with Gasteiger partial charge in [-0.1, -0.05) is 0 Å². The third kappa shape index (κ3) is 1.51. The molecule has 0 fully saturated rings. The van der Waals surface area contributed by atoms with Gasteiger partial charge >= 0.3 is 10.2 Å². The monoisotopic (exact) mass is 210 g/mol. The second-order valence-corrected chi connectivity index (χ2v) is 3.98. The number of hydrogen-bond acceptors (Lipinski definition) is 3. The lowest BCUT2D eigenvalue weighted by molar-refractivity contribution is 0.548. The molecule has 0 saturated carbocycles. The first-order chi connectivity index (χ1) is 5.47. The van der Waals surface area contributed by atoms with Gasteiger partial charge in [-0.2, -0.15) is 8.42 Å². The molecule has 0 aliphatic carbocycles. The molecule has 0 aromatic heterocycles. The highest BCUT2D eigenvalue weighted by Crippen LogP contribution is 2.06. The highest BCUT2D eigenvalue weighted by atomic mass is 35.5. The van der Waals surface area contributed by atoms with E-state index in [2.05, 4.69) is 14.7 Å². The molecule has 0 radical (unpaired) electrons. The summed E-state index contributed by atoms with van der Waals surface area (Å²) in [5, 5.41) is 2.28.